The number of carbonyl (C=O) groups excluding carboxylic acids is 1. The molecule has 2 aromatic rings. The van der Waals surface area contributed by atoms with Crippen LogP contribution in [-0.4, -0.2) is 10.9 Å². The molecular formula is C14H15N3O. The zero-order valence-corrected chi connectivity index (χ0v) is 10.2. The van der Waals surface area contributed by atoms with Crippen molar-refractivity contribution in [3.05, 3.63) is 59.3 Å². The summed E-state index contributed by atoms with van der Waals surface area (Å²) in [7, 11) is 0. The molecule has 0 saturated carbocycles. The maximum Gasteiger partial charge on any atom is 0.248 e. The maximum absolute atomic E-state index is 11.1. The van der Waals surface area contributed by atoms with Crippen molar-refractivity contribution in [2.24, 2.45) is 5.73 Å². The third kappa shape index (κ3) is 3.07. The van der Waals surface area contributed by atoms with Gasteiger partial charge in [0.2, 0.25) is 5.91 Å². The molecule has 0 saturated heterocycles. The summed E-state index contributed by atoms with van der Waals surface area (Å²) in [6, 6.07) is 13.0. The highest BCUT2D eigenvalue weighted by Crippen LogP contribution is 2.09. The Bertz CT molecular complexity index is 566. The van der Waals surface area contributed by atoms with Crippen molar-refractivity contribution in [1.29, 1.82) is 0 Å². The van der Waals surface area contributed by atoms with Crippen molar-refractivity contribution < 1.29 is 4.79 Å². The molecule has 0 bridgehead atoms. The number of rotatable bonds is 4. The van der Waals surface area contributed by atoms with Crippen LogP contribution in [0.2, 0.25) is 0 Å². The van der Waals surface area contributed by atoms with Gasteiger partial charge in [-0.3, -0.25) is 4.79 Å². The van der Waals surface area contributed by atoms with Gasteiger partial charge in [0.15, 0.2) is 0 Å². The largest absolute Gasteiger partial charge is 0.366 e. The van der Waals surface area contributed by atoms with E-state index in [1.807, 2.05) is 37.3 Å². The van der Waals surface area contributed by atoms with Crippen LogP contribution in [0, 0.1) is 6.92 Å². The molecule has 4 heteroatoms. The summed E-state index contributed by atoms with van der Waals surface area (Å²) in [5, 5.41) is 3.20. The fourth-order valence-electron chi connectivity index (χ4n) is 1.67. The summed E-state index contributed by atoms with van der Waals surface area (Å²) in [4.78, 5) is 15.4. The quantitative estimate of drug-likeness (QED) is 0.861. The molecule has 1 aromatic heterocycles. The standard InChI is InChI=1S/C14H15N3O/c1-10-4-2-7-13(17-10)16-9-11-5-3-6-12(8-11)14(15)18/h2-8H,9H2,1H3,(H2,15,18)(H,16,17). The molecule has 0 aliphatic rings. The lowest BCUT2D eigenvalue weighted by Gasteiger charge is -2.07. The minimum atomic E-state index is -0.412. The molecule has 0 fully saturated rings. The van der Waals surface area contributed by atoms with Gasteiger partial charge in [0.05, 0.1) is 0 Å². The predicted molar refractivity (Wildman–Crippen MR) is 71.3 cm³/mol. The number of anilines is 1. The molecule has 3 N–H and O–H groups in total. The van der Waals surface area contributed by atoms with Gasteiger partial charge in [0, 0.05) is 17.8 Å². The van der Waals surface area contributed by atoms with Crippen molar-refractivity contribution in [2.45, 2.75) is 13.5 Å². The first-order valence-electron chi connectivity index (χ1n) is 5.71. The van der Waals surface area contributed by atoms with E-state index in [1.165, 1.54) is 0 Å². The summed E-state index contributed by atoms with van der Waals surface area (Å²) in [6.45, 7) is 2.55. The molecule has 2 rings (SSSR count). The number of aryl methyl sites for hydroxylation is 1. The number of aromatic nitrogens is 1. The van der Waals surface area contributed by atoms with Crippen molar-refractivity contribution in [1.82, 2.24) is 4.98 Å². The van der Waals surface area contributed by atoms with Crippen LogP contribution in [0.1, 0.15) is 21.6 Å². The maximum atomic E-state index is 11.1. The summed E-state index contributed by atoms with van der Waals surface area (Å²) in [5.41, 5.74) is 7.72. The van der Waals surface area contributed by atoms with Crippen molar-refractivity contribution >= 4 is 11.7 Å². The number of nitrogens with one attached hydrogen (secondary N) is 1. The number of amides is 1. The van der Waals surface area contributed by atoms with Gasteiger partial charge in [-0.2, -0.15) is 0 Å². The molecule has 18 heavy (non-hydrogen) atoms. The van der Waals surface area contributed by atoms with Crippen LogP contribution in [0.15, 0.2) is 42.5 Å². The van der Waals surface area contributed by atoms with E-state index in [0.717, 1.165) is 17.1 Å². The Kier molecular flexibility index (Phi) is 3.57. The van der Waals surface area contributed by atoms with E-state index in [0.29, 0.717) is 12.1 Å². The second-order valence-corrected chi connectivity index (χ2v) is 4.08. The SMILES string of the molecule is Cc1cccc(NCc2cccc(C(N)=O)c2)n1. The summed E-state index contributed by atoms with van der Waals surface area (Å²) in [5.74, 6) is 0.407. The fraction of sp³-hybridized carbons (Fsp3) is 0.143. The second-order valence-electron chi connectivity index (χ2n) is 4.08. The van der Waals surface area contributed by atoms with Crippen LogP contribution in [0.25, 0.3) is 0 Å². The van der Waals surface area contributed by atoms with Crippen LogP contribution in [-0.2, 0) is 6.54 Å². The minimum absolute atomic E-state index is 0.412. The number of pyridine rings is 1. The molecule has 0 radical (unpaired) electrons. The minimum Gasteiger partial charge on any atom is -0.366 e. The third-order valence-corrected chi connectivity index (χ3v) is 2.57. The first-order valence-corrected chi connectivity index (χ1v) is 5.71. The van der Waals surface area contributed by atoms with Gasteiger partial charge in [-0.05, 0) is 36.8 Å². The monoisotopic (exact) mass is 241 g/mol. The molecule has 0 unspecified atom stereocenters. The van der Waals surface area contributed by atoms with Gasteiger partial charge < -0.3 is 11.1 Å². The van der Waals surface area contributed by atoms with Crippen molar-refractivity contribution in [3.8, 4) is 0 Å². The molecule has 1 heterocycles. The number of primary amides is 1. The Morgan fingerprint density at radius 3 is 2.78 bits per heavy atom. The van der Waals surface area contributed by atoms with Crippen LogP contribution in [0.5, 0.6) is 0 Å². The average molecular weight is 241 g/mol. The zero-order valence-electron chi connectivity index (χ0n) is 10.2. The summed E-state index contributed by atoms with van der Waals surface area (Å²) >= 11 is 0. The van der Waals surface area contributed by atoms with E-state index in [-0.39, 0.29) is 0 Å². The highest BCUT2D eigenvalue weighted by atomic mass is 16.1. The number of nitrogens with two attached hydrogens (primary N) is 1. The molecular weight excluding hydrogens is 226 g/mol. The fourth-order valence-corrected chi connectivity index (χ4v) is 1.67. The van der Waals surface area contributed by atoms with E-state index in [1.54, 1.807) is 12.1 Å². The van der Waals surface area contributed by atoms with Gasteiger partial charge in [-0.25, -0.2) is 4.98 Å². The number of nitrogens with zero attached hydrogens (tertiary/aromatic N) is 1. The number of hydrogen-bond acceptors (Lipinski definition) is 3. The van der Waals surface area contributed by atoms with Gasteiger partial charge in [0.25, 0.3) is 0 Å². The smallest absolute Gasteiger partial charge is 0.248 e. The average Bonchev–Trinajstić information content (AvgIpc) is 2.37. The predicted octanol–water partition coefficient (Wildman–Crippen LogP) is 2.10. The first-order chi connectivity index (χ1) is 8.65. The number of hydrogen-bond donors (Lipinski definition) is 2. The molecule has 1 amide bonds. The van der Waals surface area contributed by atoms with E-state index in [9.17, 15) is 4.79 Å². The Labute approximate surface area is 106 Å². The Morgan fingerprint density at radius 1 is 1.28 bits per heavy atom. The molecule has 0 aliphatic carbocycles. The second kappa shape index (κ2) is 5.31. The van der Waals surface area contributed by atoms with E-state index in [2.05, 4.69) is 10.3 Å². The molecule has 0 aliphatic heterocycles. The number of carbonyl (C=O) groups is 1. The van der Waals surface area contributed by atoms with E-state index < -0.39 is 5.91 Å². The highest BCUT2D eigenvalue weighted by Gasteiger charge is 2.01. The van der Waals surface area contributed by atoms with Gasteiger partial charge in [0.1, 0.15) is 5.82 Å². The van der Waals surface area contributed by atoms with Crippen LogP contribution < -0.4 is 11.1 Å². The lowest BCUT2D eigenvalue weighted by Crippen LogP contribution is -2.11. The first kappa shape index (κ1) is 12.1. The normalized spacial score (nSPS) is 10.1. The number of benzene rings is 1. The van der Waals surface area contributed by atoms with Crippen LogP contribution in [0.4, 0.5) is 5.82 Å². The van der Waals surface area contributed by atoms with Crippen LogP contribution >= 0.6 is 0 Å². The molecule has 0 spiro atoms. The highest BCUT2D eigenvalue weighted by molar-refractivity contribution is 5.92. The van der Waals surface area contributed by atoms with Gasteiger partial charge in [-0.15, -0.1) is 0 Å². The topological polar surface area (TPSA) is 68.0 Å². The molecule has 1 aromatic carbocycles. The Morgan fingerprint density at radius 2 is 2.06 bits per heavy atom. The van der Waals surface area contributed by atoms with E-state index in [4.69, 9.17) is 5.73 Å². The lowest BCUT2D eigenvalue weighted by molar-refractivity contribution is 0.1000. The van der Waals surface area contributed by atoms with Gasteiger partial charge in [-0.1, -0.05) is 18.2 Å². The molecule has 4 nitrogen and oxygen atoms in total. The Balaban J connectivity index is 2.06. The summed E-state index contributed by atoms with van der Waals surface area (Å²) in [6.07, 6.45) is 0. The Hall–Kier alpha value is -2.36. The van der Waals surface area contributed by atoms with Crippen molar-refractivity contribution in [2.75, 3.05) is 5.32 Å². The molecule has 0 atom stereocenters. The summed E-state index contributed by atoms with van der Waals surface area (Å²) < 4.78 is 0. The third-order valence-electron chi connectivity index (χ3n) is 2.57. The van der Waals surface area contributed by atoms with Crippen molar-refractivity contribution in [3.63, 3.8) is 0 Å². The lowest BCUT2D eigenvalue weighted by atomic mass is 10.1. The van der Waals surface area contributed by atoms with Crippen LogP contribution in [0.3, 0.4) is 0 Å². The zero-order chi connectivity index (χ0) is 13.0. The van der Waals surface area contributed by atoms with E-state index >= 15 is 0 Å². The van der Waals surface area contributed by atoms with Gasteiger partial charge >= 0.3 is 0 Å². The molecule has 92 valence electrons.